The Bertz CT molecular complexity index is 795. The second-order valence-corrected chi connectivity index (χ2v) is 4.20. The van der Waals surface area contributed by atoms with E-state index in [0.717, 1.165) is 12.1 Å². The predicted octanol–water partition coefficient (Wildman–Crippen LogP) is -15.7. The van der Waals surface area contributed by atoms with Crippen LogP contribution in [0.5, 0.6) is 0 Å². The van der Waals surface area contributed by atoms with Gasteiger partial charge in [0.2, 0.25) is 0 Å². The third kappa shape index (κ3) is 5.25. The molecule has 0 aliphatic carbocycles. The topological polar surface area (TPSA) is 161 Å². The molecule has 0 saturated heterocycles. The molecule has 0 saturated carbocycles. The van der Waals surface area contributed by atoms with Gasteiger partial charge in [-0.05, 0) is 10.8 Å². The minimum atomic E-state index is -2.19. The van der Waals surface area contributed by atoms with Gasteiger partial charge in [0.25, 0.3) is 0 Å². The minimum Gasteiger partial charge on any atom is -0.545 e. The molecule has 0 spiro atoms. The second kappa shape index (κ2) is 11.6. The SMILES string of the molecule is O=C([O-])c1c(C(=O)[O-])c(C(=O)[O-])c2ccccc2c1C(=O)[O-].[Li+].[Li+].[Li+].[Li+]. The number of fused-ring (bicyclic) bond motifs is 1. The fourth-order valence-corrected chi connectivity index (χ4v) is 2.27. The van der Waals surface area contributed by atoms with Crippen molar-refractivity contribution in [2.45, 2.75) is 0 Å². The van der Waals surface area contributed by atoms with Crippen molar-refractivity contribution >= 4 is 34.6 Å². The van der Waals surface area contributed by atoms with Gasteiger partial charge in [-0.2, -0.15) is 0 Å². The van der Waals surface area contributed by atoms with Crippen LogP contribution in [0.3, 0.4) is 0 Å². The van der Waals surface area contributed by atoms with Crippen LogP contribution in [-0.4, -0.2) is 23.9 Å². The summed E-state index contributed by atoms with van der Waals surface area (Å²) in [6.45, 7) is 0. The van der Waals surface area contributed by atoms with E-state index in [-0.39, 0.29) is 86.2 Å². The van der Waals surface area contributed by atoms with Gasteiger partial charge < -0.3 is 39.6 Å². The number of benzene rings is 2. The average Bonchev–Trinajstić information content (AvgIpc) is 2.43. The predicted molar refractivity (Wildman–Crippen MR) is 61.3 cm³/mol. The molecule has 2 aromatic rings. The number of carbonyl (C=O) groups excluding carboxylic acids is 4. The van der Waals surface area contributed by atoms with Crippen molar-refractivity contribution in [1.29, 1.82) is 0 Å². The van der Waals surface area contributed by atoms with Gasteiger partial charge in [-0.1, -0.05) is 24.3 Å². The van der Waals surface area contributed by atoms with Crippen LogP contribution in [0.15, 0.2) is 24.3 Å². The van der Waals surface area contributed by atoms with E-state index in [9.17, 15) is 39.6 Å². The number of carboxylic acid groups (broad SMARTS) is 4. The Morgan fingerprint density at radius 1 is 0.500 bits per heavy atom. The molecule has 0 N–H and O–H groups in total. The third-order valence-electron chi connectivity index (χ3n) is 3.03. The average molecular weight is 328 g/mol. The van der Waals surface area contributed by atoms with Gasteiger partial charge in [0.1, 0.15) is 0 Å². The normalized spacial score (nSPS) is 8.77. The smallest absolute Gasteiger partial charge is 0.545 e. The van der Waals surface area contributed by atoms with Crippen molar-refractivity contribution in [2.75, 3.05) is 0 Å². The third-order valence-corrected chi connectivity index (χ3v) is 3.03. The molecular weight excluding hydrogens is 324 g/mol. The Kier molecular flexibility index (Phi) is 13.3. The van der Waals surface area contributed by atoms with Crippen molar-refractivity contribution in [1.82, 2.24) is 0 Å². The van der Waals surface area contributed by atoms with Crippen molar-refractivity contribution < 1.29 is 115 Å². The first-order valence-electron chi connectivity index (χ1n) is 5.71. The van der Waals surface area contributed by atoms with E-state index in [4.69, 9.17) is 0 Å². The number of rotatable bonds is 4. The molecule has 0 atom stereocenters. The standard InChI is InChI=1S/C14H8O8.4Li/c15-11(16)7-5-3-1-2-4-6(5)8(12(17)18)10(14(21)22)9(7)13(19)20;;;;/h1-4H,(H,15,16)(H,17,18)(H,19,20)(H,21,22);;;;/q;4*+1/p-4. The van der Waals surface area contributed by atoms with Crippen LogP contribution in [0, 0.1) is 0 Å². The van der Waals surface area contributed by atoms with E-state index in [2.05, 4.69) is 0 Å². The van der Waals surface area contributed by atoms with Gasteiger partial charge in [0.15, 0.2) is 0 Å². The van der Waals surface area contributed by atoms with E-state index in [1.165, 1.54) is 12.1 Å². The fraction of sp³-hybridized carbons (Fsp3) is 0. The summed E-state index contributed by atoms with van der Waals surface area (Å²) in [5.41, 5.74) is -4.67. The zero-order valence-corrected chi connectivity index (χ0v) is 14.6. The molecule has 0 unspecified atom stereocenters. The number of carbonyl (C=O) groups is 4. The summed E-state index contributed by atoms with van der Waals surface area (Å²) in [6, 6.07) is 4.84. The molecule has 12 heteroatoms. The molecule has 8 nitrogen and oxygen atoms in total. The Hall–Kier alpha value is -1.03. The quantitative estimate of drug-likeness (QED) is 0.500. The van der Waals surface area contributed by atoms with Gasteiger partial charge in [0, 0.05) is 22.3 Å². The van der Waals surface area contributed by atoms with E-state index >= 15 is 0 Å². The summed E-state index contributed by atoms with van der Waals surface area (Å²) in [5, 5.41) is 44.1. The Morgan fingerprint density at radius 3 is 0.923 bits per heavy atom. The summed E-state index contributed by atoms with van der Waals surface area (Å²) >= 11 is 0. The van der Waals surface area contributed by atoms with Crippen LogP contribution in [0.25, 0.3) is 10.8 Å². The van der Waals surface area contributed by atoms with Gasteiger partial charge in [-0.15, -0.1) is 0 Å². The molecule has 112 valence electrons. The molecule has 26 heavy (non-hydrogen) atoms. The molecule has 0 heterocycles. The van der Waals surface area contributed by atoms with E-state index in [0.29, 0.717) is 0 Å². The van der Waals surface area contributed by atoms with Crippen molar-refractivity contribution in [3.63, 3.8) is 0 Å². The van der Waals surface area contributed by atoms with Crippen molar-refractivity contribution in [2.24, 2.45) is 0 Å². The molecule has 0 fully saturated rings. The molecular formula is C14H4Li4O8. The number of aromatic carboxylic acids is 4. The fourth-order valence-electron chi connectivity index (χ4n) is 2.27. The Morgan fingerprint density at radius 2 is 0.731 bits per heavy atom. The number of carboxylic acids is 4. The molecule has 0 aromatic heterocycles. The molecule has 0 radical (unpaired) electrons. The number of hydrogen-bond donors (Lipinski definition) is 0. The molecule has 2 rings (SSSR count). The maximum absolute atomic E-state index is 11.2. The summed E-state index contributed by atoms with van der Waals surface area (Å²) in [7, 11) is 0. The minimum absolute atomic E-state index is 0. The molecule has 0 amide bonds. The molecule has 0 bridgehead atoms. The Labute approximate surface area is 195 Å². The summed E-state index contributed by atoms with van der Waals surface area (Å²) < 4.78 is 0. The van der Waals surface area contributed by atoms with Gasteiger partial charge >= 0.3 is 75.4 Å². The van der Waals surface area contributed by atoms with Crippen LogP contribution in [-0.2, 0) is 0 Å². The maximum atomic E-state index is 11.2. The van der Waals surface area contributed by atoms with Crippen LogP contribution < -0.4 is 95.9 Å². The summed E-state index contributed by atoms with van der Waals surface area (Å²) in [4.78, 5) is 44.8. The Balaban J connectivity index is -0.00000132. The van der Waals surface area contributed by atoms with Crippen LogP contribution in [0.2, 0.25) is 0 Å². The zero-order chi connectivity index (χ0) is 16.6. The molecule has 0 aliphatic rings. The van der Waals surface area contributed by atoms with E-state index < -0.39 is 46.1 Å². The first-order valence-corrected chi connectivity index (χ1v) is 5.71. The van der Waals surface area contributed by atoms with Gasteiger partial charge in [0.05, 0.1) is 23.9 Å². The molecule has 0 aliphatic heterocycles. The number of hydrogen-bond acceptors (Lipinski definition) is 8. The van der Waals surface area contributed by atoms with Crippen LogP contribution in [0.4, 0.5) is 0 Å². The van der Waals surface area contributed by atoms with E-state index in [1.807, 2.05) is 0 Å². The maximum Gasteiger partial charge on any atom is 1.00 e. The van der Waals surface area contributed by atoms with Crippen molar-refractivity contribution in [3.8, 4) is 0 Å². The molecule has 2 aromatic carbocycles. The second-order valence-electron chi connectivity index (χ2n) is 4.20. The zero-order valence-electron chi connectivity index (χ0n) is 14.6. The summed E-state index contributed by atoms with van der Waals surface area (Å²) in [5.74, 6) is -8.37. The van der Waals surface area contributed by atoms with E-state index in [1.54, 1.807) is 0 Å². The van der Waals surface area contributed by atoms with Crippen molar-refractivity contribution in [3.05, 3.63) is 46.5 Å². The monoisotopic (exact) mass is 328 g/mol. The largest absolute Gasteiger partial charge is 1.00 e. The first kappa shape index (κ1) is 29.7. The van der Waals surface area contributed by atoms with Crippen LogP contribution >= 0.6 is 0 Å². The van der Waals surface area contributed by atoms with Gasteiger partial charge in [-0.3, -0.25) is 0 Å². The summed E-state index contributed by atoms with van der Waals surface area (Å²) in [6.07, 6.45) is 0. The van der Waals surface area contributed by atoms with Crippen LogP contribution in [0.1, 0.15) is 41.4 Å². The first-order chi connectivity index (χ1) is 10.3. The van der Waals surface area contributed by atoms with Gasteiger partial charge in [-0.25, -0.2) is 0 Å².